The van der Waals surface area contributed by atoms with Crippen LogP contribution in [0.25, 0.3) is 0 Å². The summed E-state index contributed by atoms with van der Waals surface area (Å²) in [4.78, 5) is 17.6. The largest absolute Gasteiger partial charge is 0.484 e. The third-order valence-corrected chi connectivity index (χ3v) is 3.75. The van der Waals surface area contributed by atoms with E-state index >= 15 is 0 Å². The molecule has 0 fully saturated rings. The van der Waals surface area contributed by atoms with E-state index in [0.29, 0.717) is 17.4 Å². The standard InChI is InChI=1S/C15H14ClIN2O2/c1-19(9-11-2-7-14(16)18-8-11)15(20)10-21-13-5-3-12(17)4-6-13/h2-8H,9-10H2,1H3. The van der Waals surface area contributed by atoms with Crippen LogP contribution in [0.1, 0.15) is 5.56 Å². The Kier molecular flexibility index (Phi) is 5.81. The summed E-state index contributed by atoms with van der Waals surface area (Å²) in [6.07, 6.45) is 1.66. The lowest BCUT2D eigenvalue weighted by Gasteiger charge is -2.17. The second-order valence-corrected chi connectivity index (χ2v) is 6.11. The summed E-state index contributed by atoms with van der Waals surface area (Å²) in [5.74, 6) is 0.592. The van der Waals surface area contributed by atoms with Gasteiger partial charge in [0.2, 0.25) is 0 Å². The minimum atomic E-state index is -0.0940. The number of amides is 1. The van der Waals surface area contributed by atoms with Crippen molar-refractivity contribution >= 4 is 40.1 Å². The van der Waals surface area contributed by atoms with Crippen LogP contribution in [0.2, 0.25) is 5.15 Å². The highest BCUT2D eigenvalue weighted by Gasteiger charge is 2.10. The molecule has 0 aliphatic heterocycles. The first-order valence-corrected chi connectivity index (χ1v) is 7.73. The highest BCUT2D eigenvalue weighted by molar-refractivity contribution is 14.1. The van der Waals surface area contributed by atoms with Gasteiger partial charge in [-0.05, 0) is 58.5 Å². The molecular weight excluding hydrogens is 403 g/mol. The number of carbonyl (C=O) groups is 1. The van der Waals surface area contributed by atoms with Gasteiger partial charge in [-0.3, -0.25) is 4.79 Å². The van der Waals surface area contributed by atoms with Crippen LogP contribution in [-0.4, -0.2) is 29.4 Å². The fourth-order valence-electron chi connectivity index (χ4n) is 1.65. The average Bonchev–Trinajstić information content (AvgIpc) is 2.48. The van der Waals surface area contributed by atoms with Crippen molar-refractivity contribution in [2.75, 3.05) is 13.7 Å². The van der Waals surface area contributed by atoms with Gasteiger partial charge < -0.3 is 9.64 Å². The van der Waals surface area contributed by atoms with Gasteiger partial charge in [0.15, 0.2) is 6.61 Å². The first-order chi connectivity index (χ1) is 10.0. The van der Waals surface area contributed by atoms with Crippen molar-refractivity contribution in [3.05, 3.63) is 56.9 Å². The summed E-state index contributed by atoms with van der Waals surface area (Å²) in [5.41, 5.74) is 0.921. The van der Waals surface area contributed by atoms with Gasteiger partial charge in [-0.25, -0.2) is 4.98 Å². The van der Waals surface area contributed by atoms with Crippen LogP contribution >= 0.6 is 34.2 Å². The van der Waals surface area contributed by atoms with Gasteiger partial charge in [0, 0.05) is 23.4 Å². The van der Waals surface area contributed by atoms with Gasteiger partial charge in [-0.15, -0.1) is 0 Å². The van der Waals surface area contributed by atoms with E-state index in [9.17, 15) is 4.79 Å². The molecule has 0 atom stereocenters. The molecule has 1 amide bonds. The summed E-state index contributed by atoms with van der Waals surface area (Å²) in [6.45, 7) is 0.483. The van der Waals surface area contributed by atoms with Crippen molar-refractivity contribution in [2.45, 2.75) is 6.54 Å². The number of hydrogen-bond acceptors (Lipinski definition) is 3. The van der Waals surface area contributed by atoms with Crippen LogP contribution in [0.5, 0.6) is 5.75 Å². The van der Waals surface area contributed by atoms with E-state index in [1.165, 1.54) is 0 Å². The Labute approximate surface area is 142 Å². The van der Waals surface area contributed by atoms with Crippen molar-refractivity contribution in [2.24, 2.45) is 0 Å². The number of nitrogens with zero attached hydrogens (tertiary/aromatic N) is 2. The van der Waals surface area contributed by atoms with Gasteiger partial charge in [0.05, 0.1) is 0 Å². The molecule has 2 rings (SSSR count). The SMILES string of the molecule is CN(Cc1ccc(Cl)nc1)C(=O)COc1ccc(I)cc1. The quantitative estimate of drug-likeness (QED) is 0.554. The molecule has 1 heterocycles. The molecule has 0 aliphatic carbocycles. The van der Waals surface area contributed by atoms with Gasteiger partial charge in [-0.2, -0.15) is 0 Å². The number of likely N-dealkylation sites (N-methyl/N-ethyl adjacent to an activating group) is 1. The summed E-state index contributed by atoms with van der Waals surface area (Å²) in [6, 6.07) is 11.1. The molecule has 4 nitrogen and oxygen atoms in total. The monoisotopic (exact) mass is 416 g/mol. The molecule has 0 saturated carbocycles. The van der Waals surface area contributed by atoms with Crippen molar-refractivity contribution in [3.8, 4) is 5.75 Å². The van der Waals surface area contributed by atoms with E-state index in [1.54, 1.807) is 24.2 Å². The number of ether oxygens (including phenoxy) is 1. The van der Waals surface area contributed by atoms with E-state index in [1.807, 2.05) is 30.3 Å². The Morgan fingerprint density at radius 2 is 2.00 bits per heavy atom. The summed E-state index contributed by atoms with van der Waals surface area (Å²) in [7, 11) is 1.73. The van der Waals surface area contributed by atoms with Crippen LogP contribution in [0.15, 0.2) is 42.6 Å². The Morgan fingerprint density at radius 1 is 1.29 bits per heavy atom. The maximum atomic E-state index is 12.0. The number of hydrogen-bond donors (Lipinski definition) is 0. The van der Waals surface area contributed by atoms with E-state index in [2.05, 4.69) is 27.6 Å². The van der Waals surface area contributed by atoms with Gasteiger partial charge in [0.1, 0.15) is 10.9 Å². The predicted molar refractivity (Wildman–Crippen MR) is 90.4 cm³/mol. The minimum Gasteiger partial charge on any atom is -0.484 e. The predicted octanol–water partition coefficient (Wildman–Crippen LogP) is 3.38. The van der Waals surface area contributed by atoms with Crippen LogP contribution in [0.4, 0.5) is 0 Å². The third kappa shape index (κ3) is 5.17. The lowest BCUT2D eigenvalue weighted by Crippen LogP contribution is -2.31. The number of aromatic nitrogens is 1. The molecule has 2 aromatic rings. The number of benzene rings is 1. The van der Waals surface area contributed by atoms with E-state index < -0.39 is 0 Å². The van der Waals surface area contributed by atoms with E-state index in [-0.39, 0.29) is 12.5 Å². The normalized spacial score (nSPS) is 10.2. The molecule has 21 heavy (non-hydrogen) atoms. The average molecular weight is 417 g/mol. The third-order valence-electron chi connectivity index (χ3n) is 2.81. The molecule has 0 N–H and O–H groups in total. The van der Waals surface area contributed by atoms with Gasteiger partial charge in [0.25, 0.3) is 5.91 Å². The number of carbonyl (C=O) groups excluding carboxylic acids is 1. The zero-order chi connectivity index (χ0) is 15.2. The molecule has 0 aliphatic rings. The first kappa shape index (κ1) is 16.0. The van der Waals surface area contributed by atoms with Crippen LogP contribution in [0.3, 0.4) is 0 Å². The van der Waals surface area contributed by atoms with Crippen molar-refractivity contribution in [1.82, 2.24) is 9.88 Å². The summed E-state index contributed by atoms with van der Waals surface area (Å²) in [5, 5.41) is 0.440. The highest BCUT2D eigenvalue weighted by Crippen LogP contribution is 2.13. The number of rotatable bonds is 5. The molecule has 0 bridgehead atoms. The number of pyridine rings is 1. The topological polar surface area (TPSA) is 42.4 Å². The second kappa shape index (κ2) is 7.61. The minimum absolute atomic E-state index is 0.0120. The van der Waals surface area contributed by atoms with Crippen molar-refractivity contribution < 1.29 is 9.53 Å². The molecule has 1 aromatic heterocycles. The molecule has 0 radical (unpaired) electrons. The zero-order valence-corrected chi connectivity index (χ0v) is 14.3. The Hall–Kier alpha value is -1.34. The van der Waals surface area contributed by atoms with Gasteiger partial charge >= 0.3 is 0 Å². The van der Waals surface area contributed by atoms with Crippen molar-refractivity contribution in [1.29, 1.82) is 0 Å². The van der Waals surface area contributed by atoms with Crippen LogP contribution in [0, 0.1) is 3.57 Å². The maximum Gasteiger partial charge on any atom is 0.260 e. The summed E-state index contributed by atoms with van der Waals surface area (Å²) >= 11 is 7.94. The molecule has 6 heteroatoms. The number of halogens is 2. The van der Waals surface area contributed by atoms with Crippen LogP contribution < -0.4 is 4.74 Å². The molecular formula is C15H14ClIN2O2. The molecule has 0 unspecified atom stereocenters. The molecule has 0 spiro atoms. The molecule has 0 saturated heterocycles. The lowest BCUT2D eigenvalue weighted by molar-refractivity contribution is -0.132. The fourth-order valence-corrected chi connectivity index (χ4v) is 2.12. The summed E-state index contributed by atoms with van der Waals surface area (Å²) < 4.78 is 6.59. The smallest absolute Gasteiger partial charge is 0.260 e. The molecule has 110 valence electrons. The maximum absolute atomic E-state index is 12.0. The van der Waals surface area contributed by atoms with Crippen LogP contribution in [-0.2, 0) is 11.3 Å². The van der Waals surface area contributed by atoms with E-state index in [4.69, 9.17) is 16.3 Å². The van der Waals surface area contributed by atoms with Gasteiger partial charge in [-0.1, -0.05) is 17.7 Å². The Balaban J connectivity index is 1.84. The molecule has 1 aromatic carbocycles. The Morgan fingerprint density at radius 3 is 2.62 bits per heavy atom. The Bertz CT molecular complexity index is 602. The van der Waals surface area contributed by atoms with E-state index in [0.717, 1.165) is 9.13 Å². The second-order valence-electron chi connectivity index (χ2n) is 4.48. The zero-order valence-electron chi connectivity index (χ0n) is 11.4. The highest BCUT2D eigenvalue weighted by atomic mass is 127. The van der Waals surface area contributed by atoms with Crippen molar-refractivity contribution in [3.63, 3.8) is 0 Å². The lowest BCUT2D eigenvalue weighted by atomic mass is 10.3. The fraction of sp³-hybridized carbons (Fsp3) is 0.200. The first-order valence-electron chi connectivity index (χ1n) is 6.27.